The van der Waals surface area contributed by atoms with E-state index >= 15 is 0 Å². The second-order valence-corrected chi connectivity index (χ2v) is 7.73. The first kappa shape index (κ1) is 19.5. The van der Waals surface area contributed by atoms with E-state index in [-0.39, 0.29) is 21.9 Å². The monoisotopic (exact) mass is 363 g/mol. The van der Waals surface area contributed by atoms with Crippen LogP contribution in [0.25, 0.3) is 0 Å². The number of benzene rings is 1. The maximum absolute atomic E-state index is 12.4. The third kappa shape index (κ3) is 4.83. The second-order valence-electron chi connectivity index (χ2n) is 7.35. The number of aromatic nitrogens is 2. The summed E-state index contributed by atoms with van der Waals surface area (Å²) in [6.45, 7) is 8.76. The predicted octanol–water partition coefficient (Wildman–Crippen LogP) is 3.40. The molecular weight excluding hydrogens is 338 g/mol. The smallest absolute Gasteiger partial charge is 0.287 e. The van der Waals surface area contributed by atoms with E-state index in [1.165, 1.54) is 4.68 Å². The molecule has 0 aliphatic rings. The lowest BCUT2D eigenvalue weighted by Crippen LogP contribution is -2.39. The van der Waals surface area contributed by atoms with Gasteiger partial charge < -0.3 is 10.4 Å². The third-order valence-corrected chi connectivity index (χ3v) is 4.69. The molecule has 1 aromatic carbocycles. The summed E-state index contributed by atoms with van der Waals surface area (Å²) in [5.41, 5.74) is 0.768. The highest BCUT2D eigenvalue weighted by Gasteiger charge is 2.30. The maximum atomic E-state index is 12.4. The number of halogens is 1. The largest absolute Gasteiger partial charge is 0.392 e. The molecule has 0 radical (unpaired) electrons. The van der Waals surface area contributed by atoms with Gasteiger partial charge in [0.05, 0.1) is 24.5 Å². The summed E-state index contributed by atoms with van der Waals surface area (Å²) >= 11 is 6.24. The van der Waals surface area contributed by atoms with Crippen molar-refractivity contribution in [3.63, 3.8) is 0 Å². The Morgan fingerprint density at radius 2 is 1.92 bits per heavy atom. The van der Waals surface area contributed by atoms with Gasteiger partial charge in [0.15, 0.2) is 0 Å². The highest BCUT2D eigenvalue weighted by molar-refractivity contribution is 6.32. The zero-order valence-electron chi connectivity index (χ0n) is 15.2. The average Bonchev–Trinajstić information content (AvgIpc) is 2.58. The van der Waals surface area contributed by atoms with Crippen molar-refractivity contribution in [3.05, 3.63) is 57.5 Å². The highest BCUT2D eigenvalue weighted by atomic mass is 35.5. The van der Waals surface area contributed by atoms with Crippen molar-refractivity contribution < 1.29 is 5.11 Å². The van der Waals surface area contributed by atoms with E-state index in [1.54, 1.807) is 6.20 Å². The molecule has 0 aliphatic carbocycles. The summed E-state index contributed by atoms with van der Waals surface area (Å²) in [6.07, 6.45) is 1.09. The van der Waals surface area contributed by atoms with Crippen LogP contribution < -0.4 is 10.9 Å². The standard InChI is InChI=1S/C19H26ClN3O2/c1-13(2)17(24)19(3,4)12-21-15-10-22-23(18(25)16(15)20)11-14-8-6-5-7-9-14/h5-10,13,17,21,24H,11-12H2,1-4H3. The van der Waals surface area contributed by atoms with Crippen LogP contribution in [0.1, 0.15) is 33.3 Å². The van der Waals surface area contributed by atoms with Crippen molar-refractivity contribution in [2.45, 2.75) is 40.3 Å². The van der Waals surface area contributed by atoms with E-state index in [0.29, 0.717) is 18.8 Å². The van der Waals surface area contributed by atoms with E-state index in [0.717, 1.165) is 5.56 Å². The van der Waals surface area contributed by atoms with Gasteiger partial charge in [-0.2, -0.15) is 5.10 Å². The van der Waals surface area contributed by atoms with Crippen molar-refractivity contribution in [1.29, 1.82) is 0 Å². The van der Waals surface area contributed by atoms with E-state index < -0.39 is 6.10 Å². The molecule has 1 aromatic heterocycles. The quantitative estimate of drug-likeness (QED) is 0.791. The van der Waals surface area contributed by atoms with Crippen LogP contribution in [-0.4, -0.2) is 27.5 Å². The van der Waals surface area contributed by atoms with E-state index in [9.17, 15) is 9.90 Å². The van der Waals surface area contributed by atoms with Crippen LogP contribution in [0.5, 0.6) is 0 Å². The first-order valence-corrected chi connectivity index (χ1v) is 8.81. The third-order valence-electron chi connectivity index (χ3n) is 4.33. The molecule has 2 N–H and O–H groups in total. The van der Waals surface area contributed by atoms with Crippen LogP contribution >= 0.6 is 11.6 Å². The van der Waals surface area contributed by atoms with Crippen LogP contribution in [0.2, 0.25) is 5.02 Å². The molecule has 0 saturated heterocycles. The molecule has 0 saturated carbocycles. The predicted molar refractivity (Wildman–Crippen MR) is 102 cm³/mol. The van der Waals surface area contributed by atoms with Crippen LogP contribution in [0, 0.1) is 11.3 Å². The number of anilines is 1. The number of aliphatic hydroxyl groups excluding tert-OH is 1. The Balaban J connectivity index is 2.14. The Bertz CT molecular complexity index is 757. The van der Waals surface area contributed by atoms with Crippen molar-refractivity contribution in [2.24, 2.45) is 11.3 Å². The van der Waals surface area contributed by atoms with Crippen LogP contribution in [-0.2, 0) is 6.54 Å². The molecule has 5 nitrogen and oxygen atoms in total. The molecule has 6 heteroatoms. The number of hydrogen-bond acceptors (Lipinski definition) is 4. The molecule has 25 heavy (non-hydrogen) atoms. The first-order valence-electron chi connectivity index (χ1n) is 8.44. The molecule has 1 heterocycles. The fourth-order valence-electron chi connectivity index (χ4n) is 2.79. The summed E-state index contributed by atoms with van der Waals surface area (Å²) in [4.78, 5) is 12.4. The Morgan fingerprint density at radius 1 is 1.28 bits per heavy atom. The molecule has 2 rings (SSSR count). The Labute approximate surface area is 153 Å². The van der Waals surface area contributed by atoms with Crippen LogP contribution in [0.3, 0.4) is 0 Å². The van der Waals surface area contributed by atoms with Gasteiger partial charge in [0.25, 0.3) is 5.56 Å². The van der Waals surface area contributed by atoms with Gasteiger partial charge in [0.1, 0.15) is 5.02 Å². The Morgan fingerprint density at radius 3 is 2.52 bits per heavy atom. The van der Waals surface area contributed by atoms with Crippen molar-refractivity contribution in [3.8, 4) is 0 Å². The van der Waals surface area contributed by atoms with Gasteiger partial charge in [-0.15, -0.1) is 0 Å². The molecule has 0 amide bonds. The minimum absolute atomic E-state index is 0.112. The van der Waals surface area contributed by atoms with Gasteiger partial charge in [-0.3, -0.25) is 4.79 Å². The molecule has 0 aliphatic heterocycles. The van der Waals surface area contributed by atoms with Gasteiger partial charge in [-0.05, 0) is 11.5 Å². The van der Waals surface area contributed by atoms with E-state index in [2.05, 4.69) is 10.4 Å². The molecule has 1 unspecified atom stereocenters. The number of aliphatic hydroxyl groups is 1. The number of nitrogens with zero attached hydrogens (tertiary/aromatic N) is 2. The fraction of sp³-hybridized carbons (Fsp3) is 0.474. The van der Waals surface area contributed by atoms with Crippen LogP contribution in [0.4, 0.5) is 5.69 Å². The molecule has 0 spiro atoms. The second kappa shape index (κ2) is 8.02. The van der Waals surface area contributed by atoms with E-state index in [1.807, 2.05) is 58.0 Å². The molecule has 1 atom stereocenters. The minimum Gasteiger partial charge on any atom is -0.392 e. The number of hydrogen-bond donors (Lipinski definition) is 2. The lowest BCUT2D eigenvalue weighted by Gasteiger charge is -2.33. The van der Waals surface area contributed by atoms with Crippen LogP contribution in [0.15, 0.2) is 41.3 Å². The van der Waals surface area contributed by atoms with Gasteiger partial charge in [0, 0.05) is 12.0 Å². The maximum Gasteiger partial charge on any atom is 0.287 e. The fourth-order valence-corrected chi connectivity index (χ4v) is 3.00. The van der Waals surface area contributed by atoms with Gasteiger partial charge in [0.2, 0.25) is 0 Å². The zero-order valence-corrected chi connectivity index (χ0v) is 15.9. The average molecular weight is 364 g/mol. The highest BCUT2D eigenvalue weighted by Crippen LogP contribution is 2.27. The normalized spacial score (nSPS) is 13.1. The van der Waals surface area contributed by atoms with Gasteiger partial charge in [-0.1, -0.05) is 69.6 Å². The Kier molecular flexibility index (Phi) is 6.25. The lowest BCUT2D eigenvalue weighted by molar-refractivity contribution is 0.0210. The molecule has 0 bridgehead atoms. The van der Waals surface area contributed by atoms with Crippen molar-refractivity contribution in [1.82, 2.24) is 9.78 Å². The molecule has 136 valence electrons. The number of nitrogens with one attached hydrogen (secondary N) is 1. The SMILES string of the molecule is CC(C)C(O)C(C)(C)CNc1cnn(Cc2ccccc2)c(=O)c1Cl. The van der Waals surface area contributed by atoms with Gasteiger partial charge >= 0.3 is 0 Å². The summed E-state index contributed by atoms with van der Waals surface area (Å²) in [5, 5.41) is 17.8. The molecular formula is C19H26ClN3O2. The zero-order chi connectivity index (χ0) is 18.6. The summed E-state index contributed by atoms with van der Waals surface area (Å²) < 4.78 is 1.34. The summed E-state index contributed by atoms with van der Waals surface area (Å²) in [7, 11) is 0. The summed E-state index contributed by atoms with van der Waals surface area (Å²) in [6, 6.07) is 9.63. The van der Waals surface area contributed by atoms with E-state index in [4.69, 9.17) is 11.6 Å². The molecule has 0 fully saturated rings. The Hall–Kier alpha value is -1.85. The van der Waals surface area contributed by atoms with Gasteiger partial charge in [-0.25, -0.2) is 4.68 Å². The lowest BCUT2D eigenvalue weighted by atomic mass is 9.80. The topological polar surface area (TPSA) is 67.2 Å². The van der Waals surface area contributed by atoms with Crippen molar-refractivity contribution in [2.75, 3.05) is 11.9 Å². The molecule has 2 aromatic rings. The van der Waals surface area contributed by atoms with Crippen molar-refractivity contribution >= 4 is 17.3 Å². The summed E-state index contributed by atoms with van der Waals surface area (Å²) in [5.74, 6) is 0.143. The number of rotatable bonds is 7. The first-order chi connectivity index (χ1) is 11.7. The minimum atomic E-state index is -0.467.